The third kappa shape index (κ3) is 2.68. The summed E-state index contributed by atoms with van der Waals surface area (Å²) >= 11 is 0. The van der Waals surface area contributed by atoms with Crippen LogP contribution in [0.1, 0.15) is 17.6 Å². The van der Waals surface area contributed by atoms with Crippen LogP contribution < -0.4 is 0 Å². The van der Waals surface area contributed by atoms with Gasteiger partial charge in [-0.15, -0.1) is 0 Å². The molecule has 0 radical (unpaired) electrons. The molecule has 0 unspecified atom stereocenters. The predicted molar refractivity (Wildman–Crippen MR) is 78.2 cm³/mol. The Bertz CT molecular complexity index is 868. The van der Waals surface area contributed by atoms with Crippen LogP contribution in [-0.4, -0.2) is 35.9 Å². The number of hydrogen-bond donors (Lipinski definition) is 1. The Morgan fingerprint density at radius 2 is 1.83 bits per heavy atom. The first-order chi connectivity index (χ1) is 11.3. The summed E-state index contributed by atoms with van der Waals surface area (Å²) in [5, 5.41) is 9.65. The molecule has 0 aliphatic carbocycles. The summed E-state index contributed by atoms with van der Waals surface area (Å²) in [5.41, 5.74) is -2.44. The van der Waals surface area contributed by atoms with Gasteiger partial charge in [0.1, 0.15) is 11.4 Å². The van der Waals surface area contributed by atoms with Crippen molar-refractivity contribution in [2.24, 2.45) is 0 Å². The van der Waals surface area contributed by atoms with Gasteiger partial charge in [-0.2, -0.15) is 4.31 Å². The van der Waals surface area contributed by atoms with Crippen molar-refractivity contribution in [2.75, 3.05) is 13.1 Å². The van der Waals surface area contributed by atoms with Gasteiger partial charge in [0.15, 0.2) is 5.03 Å². The normalized spacial score (nSPS) is 17.7. The first kappa shape index (κ1) is 16.9. The first-order valence-corrected chi connectivity index (χ1v) is 8.40. The second-order valence-electron chi connectivity index (χ2n) is 5.48. The van der Waals surface area contributed by atoms with E-state index in [9.17, 15) is 26.7 Å². The fourth-order valence-corrected chi connectivity index (χ4v) is 4.28. The van der Waals surface area contributed by atoms with Crippen molar-refractivity contribution < 1.29 is 26.7 Å². The summed E-state index contributed by atoms with van der Waals surface area (Å²) < 4.78 is 65.5. The number of nitrogens with zero attached hydrogens (tertiary/aromatic N) is 2. The molecule has 1 fully saturated rings. The molecule has 2 heterocycles. The minimum Gasteiger partial charge on any atom is -0.382 e. The van der Waals surface area contributed by atoms with Gasteiger partial charge in [-0.1, -0.05) is 18.2 Å². The van der Waals surface area contributed by atoms with Crippen LogP contribution in [0.3, 0.4) is 0 Å². The zero-order valence-electron chi connectivity index (χ0n) is 12.2. The largest absolute Gasteiger partial charge is 0.382 e. The number of benzene rings is 1. The minimum atomic E-state index is -4.31. The third-order valence-electron chi connectivity index (χ3n) is 3.87. The topological polar surface area (TPSA) is 70.5 Å². The van der Waals surface area contributed by atoms with Gasteiger partial charge in [-0.25, -0.2) is 26.6 Å². The summed E-state index contributed by atoms with van der Waals surface area (Å²) in [5.74, 6) is -0.664. The fourth-order valence-electron chi connectivity index (χ4n) is 2.62. The van der Waals surface area contributed by atoms with Gasteiger partial charge in [0, 0.05) is 24.8 Å². The Hall–Kier alpha value is -1.97. The van der Waals surface area contributed by atoms with Crippen LogP contribution in [-0.2, 0) is 15.6 Å². The molecule has 1 aliphatic heterocycles. The number of hydrogen-bond acceptors (Lipinski definition) is 4. The highest BCUT2D eigenvalue weighted by atomic mass is 32.2. The highest BCUT2D eigenvalue weighted by molar-refractivity contribution is 7.89. The lowest BCUT2D eigenvalue weighted by molar-refractivity contribution is -0.0674. The fraction of sp³-hybridized carbons (Fsp3) is 0.267. The molecule has 1 aromatic carbocycles. The molecule has 0 saturated carbocycles. The third-order valence-corrected chi connectivity index (χ3v) is 5.64. The van der Waals surface area contributed by atoms with Gasteiger partial charge >= 0.3 is 0 Å². The number of aliphatic hydroxyl groups is 1. The molecule has 3 rings (SSSR count). The van der Waals surface area contributed by atoms with Gasteiger partial charge in [-0.3, -0.25) is 0 Å². The number of alkyl halides is 2. The minimum absolute atomic E-state index is 0.0356. The van der Waals surface area contributed by atoms with Crippen LogP contribution in [0.4, 0.5) is 13.2 Å². The summed E-state index contributed by atoms with van der Waals surface area (Å²) in [4.78, 5) is 3.55. The van der Waals surface area contributed by atoms with E-state index in [1.807, 2.05) is 0 Å². The van der Waals surface area contributed by atoms with Crippen LogP contribution in [0, 0.1) is 5.82 Å². The Morgan fingerprint density at radius 3 is 2.46 bits per heavy atom. The zero-order valence-corrected chi connectivity index (χ0v) is 13.0. The molecule has 0 spiro atoms. The van der Waals surface area contributed by atoms with Gasteiger partial charge in [0.2, 0.25) is 0 Å². The second kappa shape index (κ2) is 5.83. The van der Waals surface area contributed by atoms with Crippen molar-refractivity contribution in [3.8, 4) is 0 Å². The van der Waals surface area contributed by atoms with Crippen LogP contribution in [0.5, 0.6) is 0 Å². The van der Waals surface area contributed by atoms with Crippen LogP contribution in [0.25, 0.3) is 0 Å². The van der Waals surface area contributed by atoms with E-state index in [0.29, 0.717) is 0 Å². The quantitative estimate of drug-likeness (QED) is 0.908. The Morgan fingerprint density at radius 1 is 1.17 bits per heavy atom. The Labute approximate surface area is 136 Å². The lowest BCUT2D eigenvalue weighted by atomic mass is 9.88. The highest BCUT2D eigenvalue weighted by Crippen LogP contribution is 2.38. The average Bonchev–Trinajstić information content (AvgIpc) is 2.52. The van der Waals surface area contributed by atoms with Gasteiger partial charge in [-0.05, 0) is 18.2 Å². The number of pyridine rings is 1. The van der Waals surface area contributed by atoms with E-state index in [1.165, 1.54) is 24.3 Å². The molecule has 1 saturated heterocycles. The lowest BCUT2D eigenvalue weighted by Gasteiger charge is -2.45. The highest BCUT2D eigenvalue weighted by Gasteiger charge is 2.50. The van der Waals surface area contributed by atoms with Crippen molar-refractivity contribution in [2.45, 2.75) is 17.1 Å². The SMILES string of the molecule is O=S(=O)(c1ncccc1C(F)F)N1CC(O)(c2ccccc2F)C1. The van der Waals surface area contributed by atoms with E-state index in [1.54, 1.807) is 0 Å². The number of sulfonamides is 1. The van der Waals surface area contributed by atoms with Crippen LogP contribution in [0.2, 0.25) is 0 Å². The number of rotatable bonds is 4. The van der Waals surface area contributed by atoms with Crippen molar-refractivity contribution in [3.63, 3.8) is 0 Å². The van der Waals surface area contributed by atoms with E-state index in [0.717, 1.165) is 22.6 Å². The molecule has 0 amide bonds. The Balaban J connectivity index is 1.89. The van der Waals surface area contributed by atoms with Gasteiger partial charge < -0.3 is 5.11 Å². The maximum absolute atomic E-state index is 13.8. The predicted octanol–water partition coefficient (Wildman–Crippen LogP) is 2.05. The van der Waals surface area contributed by atoms with Gasteiger partial charge in [0.05, 0.1) is 5.56 Å². The van der Waals surface area contributed by atoms with Crippen molar-refractivity contribution in [3.05, 3.63) is 59.5 Å². The molecule has 9 heteroatoms. The summed E-state index contributed by atoms with van der Waals surface area (Å²) in [6.07, 6.45) is -1.91. The Kier molecular flexibility index (Phi) is 4.10. The van der Waals surface area contributed by atoms with E-state index < -0.39 is 51.5 Å². The molecule has 1 aromatic heterocycles. The number of aromatic nitrogens is 1. The molecule has 1 aliphatic rings. The molecule has 1 N–H and O–H groups in total. The standard InChI is InChI=1S/C15H13F3N2O3S/c16-12-6-2-1-5-11(12)15(21)8-20(9-15)24(22,23)14-10(13(17)18)4-3-7-19-14/h1-7,13,21H,8-9H2. The van der Waals surface area contributed by atoms with Crippen molar-refractivity contribution in [1.82, 2.24) is 9.29 Å². The number of halogens is 3. The maximum atomic E-state index is 13.8. The summed E-state index contributed by atoms with van der Waals surface area (Å²) in [6.45, 7) is -0.870. The molecule has 128 valence electrons. The van der Waals surface area contributed by atoms with E-state index in [4.69, 9.17) is 0 Å². The smallest absolute Gasteiger partial charge is 0.266 e. The van der Waals surface area contributed by atoms with E-state index in [-0.39, 0.29) is 5.56 Å². The lowest BCUT2D eigenvalue weighted by Crippen LogP contribution is -2.61. The van der Waals surface area contributed by atoms with Crippen LogP contribution in [0.15, 0.2) is 47.6 Å². The van der Waals surface area contributed by atoms with E-state index in [2.05, 4.69) is 4.98 Å². The molecule has 0 bridgehead atoms. The maximum Gasteiger partial charge on any atom is 0.266 e. The summed E-state index contributed by atoms with van der Waals surface area (Å²) in [7, 11) is -4.31. The number of β-amino-alcohol motifs (C(OH)–C–C–N with tert-alkyl or cyclic N) is 1. The molecule has 2 aromatic rings. The van der Waals surface area contributed by atoms with Crippen molar-refractivity contribution in [1.29, 1.82) is 0 Å². The molecular formula is C15H13F3N2O3S. The second-order valence-corrected chi connectivity index (χ2v) is 7.34. The monoisotopic (exact) mass is 358 g/mol. The van der Waals surface area contributed by atoms with Gasteiger partial charge in [0.25, 0.3) is 16.4 Å². The van der Waals surface area contributed by atoms with Crippen LogP contribution >= 0.6 is 0 Å². The summed E-state index contributed by atoms with van der Waals surface area (Å²) in [6, 6.07) is 7.65. The zero-order chi connectivity index (χ0) is 17.5. The molecule has 5 nitrogen and oxygen atoms in total. The average molecular weight is 358 g/mol. The molecule has 0 atom stereocenters. The first-order valence-electron chi connectivity index (χ1n) is 6.96. The van der Waals surface area contributed by atoms with E-state index >= 15 is 0 Å². The van der Waals surface area contributed by atoms with Crippen molar-refractivity contribution >= 4 is 10.0 Å². The molecule has 24 heavy (non-hydrogen) atoms. The molecular weight excluding hydrogens is 345 g/mol.